The summed E-state index contributed by atoms with van der Waals surface area (Å²) in [6, 6.07) is 1.71. The first kappa shape index (κ1) is 6.09. The molecule has 0 fully saturated rings. The number of rotatable bonds is 1. The third-order valence-corrected chi connectivity index (χ3v) is 1.31. The van der Waals surface area contributed by atoms with Crippen LogP contribution in [0.15, 0.2) is 24.7 Å². The normalized spacial score (nSPS) is 10.3. The highest BCUT2D eigenvalue weighted by atomic mass is 19.1. The van der Waals surface area contributed by atoms with E-state index in [1.807, 2.05) is 0 Å². The fourth-order valence-electron chi connectivity index (χ4n) is 0.826. The summed E-state index contributed by atoms with van der Waals surface area (Å²) in [5.41, 5.74) is 0. The predicted octanol–water partition coefficient (Wildman–Crippen LogP) is 0.734. The summed E-state index contributed by atoms with van der Waals surface area (Å²) in [6.45, 7) is 0. The molecular weight excluding hydrogens is 147 g/mol. The summed E-state index contributed by atoms with van der Waals surface area (Å²) >= 11 is 0. The Balaban J connectivity index is 2.53. The molecule has 0 aliphatic rings. The molecular formula is C6H5FN4. The molecule has 0 amide bonds. The van der Waals surface area contributed by atoms with Gasteiger partial charge < -0.3 is 0 Å². The Labute approximate surface area is 61.7 Å². The summed E-state index contributed by atoms with van der Waals surface area (Å²) in [4.78, 5) is 0. The van der Waals surface area contributed by atoms with E-state index < -0.39 is 5.82 Å². The average molecular weight is 152 g/mol. The van der Waals surface area contributed by atoms with Gasteiger partial charge in [-0.1, -0.05) is 0 Å². The zero-order chi connectivity index (χ0) is 7.68. The lowest BCUT2D eigenvalue weighted by molar-refractivity contribution is 0.611. The van der Waals surface area contributed by atoms with E-state index >= 15 is 0 Å². The topological polar surface area (TPSA) is 46.5 Å². The Morgan fingerprint density at radius 2 is 2.45 bits per heavy atom. The fourth-order valence-corrected chi connectivity index (χ4v) is 0.826. The van der Waals surface area contributed by atoms with E-state index in [1.165, 1.54) is 4.68 Å². The van der Waals surface area contributed by atoms with Gasteiger partial charge in [0.2, 0.25) is 0 Å². The second-order valence-electron chi connectivity index (χ2n) is 2.02. The third kappa shape index (κ3) is 0.899. The minimum atomic E-state index is -0.409. The number of hydrogen-bond acceptors (Lipinski definition) is 2. The molecule has 0 aliphatic carbocycles. The molecule has 0 atom stereocenters. The quantitative estimate of drug-likeness (QED) is 0.654. The Hall–Kier alpha value is -1.65. The maximum Gasteiger partial charge on any atom is 0.187 e. The van der Waals surface area contributed by atoms with Gasteiger partial charge in [0.1, 0.15) is 0 Å². The van der Waals surface area contributed by atoms with Crippen LogP contribution in [-0.2, 0) is 0 Å². The Morgan fingerprint density at radius 3 is 3.00 bits per heavy atom. The predicted molar refractivity (Wildman–Crippen MR) is 35.7 cm³/mol. The highest BCUT2D eigenvalue weighted by Gasteiger charge is 2.04. The van der Waals surface area contributed by atoms with E-state index in [9.17, 15) is 4.39 Å². The Bertz CT molecular complexity index is 337. The Kier molecular flexibility index (Phi) is 1.21. The minimum Gasteiger partial charge on any atom is -0.259 e. The van der Waals surface area contributed by atoms with Crippen molar-refractivity contribution in [1.29, 1.82) is 0 Å². The summed E-state index contributed by atoms with van der Waals surface area (Å²) < 4.78 is 14.1. The van der Waals surface area contributed by atoms with Gasteiger partial charge in [-0.25, -0.2) is 9.07 Å². The molecule has 1 N–H and O–H groups in total. The van der Waals surface area contributed by atoms with Crippen LogP contribution in [0.5, 0.6) is 0 Å². The zero-order valence-electron chi connectivity index (χ0n) is 5.53. The van der Waals surface area contributed by atoms with Crippen LogP contribution in [0.2, 0.25) is 0 Å². The van der Waals surface area contributed by atoms with E-state index in [-0.39, 0.29) is 5.82 Å². The Morgan fingerprint density at radius 1 is 1.55 bits per heavy atom. The van der Waals surface area contributed by atoms with Crippen LogP contribution < -0.4 is 0 Å². The van der Waals surface area contributed by atoms with Gasteiger partial charge in [0.05, 0.1) is 6.20 Å². The molecule has 2 rings (SSSR count). The van der Waals surface area contributed by atoms with Crippen molar-refractivity contribution in [2.24, 2.45) is 0 Å². The SMILES string of the molecule is Fc1cn[nH]c1-n1cccn1. The van der Waals surface area contributed by atoms with Gasteiger partial charge in [-0.15, -0.1) is 0 Å². The van der Waals surface area contributed by atoms with E-state index in [1.54, 1.807) is 18.5 Å². The number of hydrogen-bond donors (Lipinski definition) is 1. The van der Waals surface area contributed by atoms with Crippen molar-refractivity contribution in [3.8, 4) is 5.82 Å². The van der Waals surface area contributed by atoms with Crippen molar-refractivity contribution in [1.82, 2.24) is 20.0 Å². The van der Waals surface area contributed by atoms with E-state index in [0.29, 0.717) is 0 Å². The summed E-state index contributed by atoms with van der Waals surface area (Å²) in [5.74, 6) is -0.149. The molecule has 0 aliphatic heterocycles. The van der Waals surface area contributed by atoms with Crippen LogP contribution in [0.4, 0.5) is 4.39 Å². The van der Waals surface area contributed by atoms with Crippen LogP contribution in [-0.4, -0.2) is 20.0 Å². The monoisotopic (exact) mass is 152 g/mol. The molecule has 2 heterocycles. The largest absolute Gasteiger partial charge is 0.259 e. The van der Waals surface area contributed by atoms with Crippen molar-refractivity contribution in [3.05, 3.63) is 30.5 Å². The molecule has 5 heteroatoms. The van der Waals surface area contributed by atoms with Gasteiger partial charge in [-0.05, 0) is 6.07 Å². The number of aromatic amines is 1. The second kappa shape index (κ2) is 2.19. The molecule has 2 aromatic rings. The van der Waals surface area contributed by atoms with E-state index in [2.05, 4.69) is 15.3 Å². The lowest BCUT2D eigenvalue weighted by atomic mass is 10.6. The van der Waals surface area contributed by atoms with Crippen LogP contribution in [0.3, 0.4) is 0 Å². The van der Waals surface area contributed by atoms with Crippen LogP contribution in [0.25, 0.3) is 5.82 Å². The molecule has 4 nitrogen and oxygen atoms in total. The highest BCUT2D eigenvalue weighted by Crippen LogP contribution is 2.05. The standard InChI is InChI=1S/C6H5FN4/c7-5-4-8-10-6(5)11-3-1-2-9-11/h1-4H,(H,8,10). The zero-order valence-corrected chi connectivity index (χ0v) is 5.53. The molecule has 0 saturated carbocycles. The summed E-state index contributed by atoms with van der Waals surface area (Å²) in [7, 11) is 0. The van der Waals surface area contributed by atoms with Crippen molar-refractivity contribution in [3.63, 3.8) is 0 Å². The second-order valence-corrected chi connectivity index (χ2v) is 2.02. The van der Waals surface area contributed by atoms with Crippen molar-refractivity contribution < 1.29 is 4.39 Å². The summed E-state index contributed by atoms with van der Waals surface area (Å²) in [5, 5.41) is 9.83. The number of aromatic nitrogens is 4. The van der Waals surface area contributed by atoms with Gasteiger partial charge in [-0.3, -0.25) is 5.10 Å². The van der Waals surface area contributed by atoms with Gasteiger partial charge in [0.15, 0.2) is 11.6 Å². The number of H-pyrrole nitrogens is 1. The molecule has 0 saturated heterocycles. The van der Waals surface area contributed by atoms with Crippen molar-refractivity contribution in [2.45, 2.75) is 0 Å². The van der Waals surface area contributed by atoms with Gasteiger partial charge >= 0.3 is 0 Å². The van der Waals surface area contributed by atoms with Crippen LogP contribution in [0.1, 0.15) is 0 Å². The van der Waals surface area contributed by atoms with Crippen molar-refractivity contribution >= 4 is 0 Å². The highest BCUT2D eigenvalue weighted by molar-refractivity contribution is 5.19. The first-order chi connectivity index (χ1) is 5.38. The molecule has 0 spiro atoms. The first-order valence-corrected chi connectivity index (χ1v) is 3.07. The average Bonchev–Trinajstić information content (AvgIpc) is 2.55. The molecule has 2 aromatic heterocycles. The minimum absolute atomic E-state index is 0.259. The molecule has 0 radical (unpaired) electrons. The van der Waals surface area contributed by atoms with Crippen molar-refractivity contribution in [2.75, 3.05) is 0 Å². The van der Waals surface area contributed by atoms with Crippen LogP contribution in [0, 0.1) is 5.82 Å². The van der Waals surface area contributed by atoms with E-state index in [0.717, 1.165) is 6.20 Å². The van der Waals surface area contributed by atoms with Gasteiger partial charge in [-0.2, -0.15) is 10.2 Å². The smallest absolute Gasteiger partial charge is 0.187 e. The lowest BCUT2D eigenvalue weighted by Crippen LogP contribution is -1.96. The van der Waals surface area contributed by atoms with Gasteiger partial charge in [0, 0.05) is 12.4 Å². The molecule has 0 aromatic carbocycles. The summed E-state index contributed by atoms with van der Waals surface area (Å²) in [6.07, 6.45) is 4.31. The number of nitrogens with one attached hydrogen (secondary N) is 1. The van der Waals surface area contributed by atoms with Crippen LogP contribution >= 0.6 is 0 Å². The maximum absolute atomic E-state index is 12.8. The van der Waals surface area contributed by atoms with E-state index in [4.69, 9.17) is 0 Å². The molecule has 11 heavy (non-hydrogen) atoms. The molecule has 56 valence electrons. The molecule has 0 unspecified atom stereocenters. The lowest BCUT2D eigenvalue weighted by Gasteiger charge is -1.93. The number of nitrogens with zero attached hydrogens (tertiary/aromatic N) is 3. The first-order valence-electron chi connectivity index (χ1n) is 3.07. The maximum atomic E-state index is 12.8. The number of halogens is 1. The fraction of sp³-hybridized carbons (Fsp3) is 0. The third-order valence-electron chi connectivity index (χ3n) is 1.31. The molecule has 0 bridgehead atoms. The van der Waals surface area contributed by atoms with Gasteiger partial charge in [0.25, 0.3) is 0 Å².